The van der Waals surface area contributed by atoms with Gasteiger partial charge in [0.25, 0.3) is 0 Å². The molecule has 0 unspecified atom stereocenters. The van der Waals surface area contributed by atoms with Crippen LogP contribution in [-0.4, -0.2) is 21.1 Å². The van der Waals surface area contributed by atoms with Crippen LogP contribution in [0.4, 0.5) is 0 Å². The van der Waals surface area contributed by atoms with Crippen molar-refractivity contribution in [3.63, 3.8) is 0 Å². The second kappa shape index (κ2) is 3.78. The van der Waals surface area contributed by atoms with Gasteiger partial charge in [-0.2, -0.15) is 5.10 Å². The molecular weight excluding hydrogens is 234 g/mol. The molecule has 0 N–H and O–H groups in total. The van der Waals surface area contributed by atoms with E-state index in [-0.39, 0.29) is 0 Å². The number of pyridine rings is 1. The number of thiophene rings is 1. The molecule has 0 saturated carbocycles. The summed E-state index contributed by atoms with van der Waals surface area (Å²) in [6.45, 7) is 0. The number of aryl methyl sites for hydroxylation is 1. The van der Waals surface area contributed by atoms with Crippen LogP contribution in [0.1, 0.15) is 9.67 Å². The Labute approximate surface area is 102 Å². The molecule has 3 heterocycles. The Bertz CT molecular complexity index is 699. The molecule has 0 bridgehead atoms. The molecule has 0 radical (unpaired) electrons. The molecule has 0 atom stereocenters. The molecule has 84 valence electrons. The lowest BCUT2D eigenvalue weighted by Crippen LogP contribution is -1.89. The Kier molecular flexibility index (Phi) is 2.26. The van der Waals surface area contributed by atoms with Gasteiger partial charge in [-0.3, -0.25) is 14.5 Å². The van der Waals surface area contributed by atoms with Crippen molar-refractivity contribution < 1.29 is 4.79 Å². The standard InChI is InChI=1S/C12H9N3OS/c1-15-11-6-13-4-10(9(11)5-14-15)12-3-2-8(7-16)17-12/h2-7H,1H3. The van der Waals surface area contributed by atoms with Gasteiger partial charge in [-0.1, -0.05) is 0 Å². The molecule has 0 aliphatic rings. The average molecular weight is 243 g/mol. The number of carbonyl (C=O) groups is 1. The van der Waals surface area contributed by atoms with E-state index < -0.39 is 0 Å². The fourth-order valence-electron chi connectivity index (χ4n) is 1.82. The third-order valence-corrected chi connectivity index (χ3v) is 3.73. The molecule has 3 rings (SSSR count). The van der Waals surface area contributed by atoms with Crippen LogP contribution in [0.3, 0.4) is 0 Å². The van der Waals surface area contributed by atoms with Crippen molar-refractivity contribution in [2.24, 2.45) is 7.05 Å². The van der Waals surface area contributed by atoms with E-state index in [0.717, 1.165) is 32.5 Å². The summed E-state index contributed by atoms with van der Waals surface area (Å²) in [5.74, 6) is 0. The number of fused-ring (bicyclic) bond motifs is 1. The highest BCUT2D eigenvalue weighted by Gasteiger charge is 2.09. The minimum absolute atomic E-state index is 0.723. The molecule has 0 fully saturated rings. The van der Waals surface area contributed by atoms with Crippen molar-refractivity contribution in [3.05, 3.63) is 35.6 Å². The molecule has 0 spiro atoms. The summed E-state index contributed by atoms with van der Waals surface area (Å²) < 4.78 is 1.79. The predicted octanol–water partition coefficient (Wildman–Crippen LogP) is 2.51. The van der Waals surface area contributed by atoms with Gasteiger partial charge >= 0.3 is 0 Å². The molecule has 4 nitrogen and oxygen atoms in total. The first kappa shape index (κ1) is 10.2. The highest BCUT2D eigenvalue weighted by Crippen LogP contribution is 2.32. The highest BCUT2D eigenvalue weighted by molar-refractivity contribution is 7.17. The number of rotatable bonds is 2. The fourth-order valence-corrected chi connectivity index (χ4v) is 2.66. The molecule has 0 aromatic carbocycles. The van der Waals surface area contributed by atoms with Crippen LogP contribution in [0.25, 0.3) is 21.3 Å². The van der Waals surface area contributed by atoms with E-state index in [1.165, 1.54) is 11.3 Å². The largest absolute Gasteiger partial charge is 0.297 e. The fraction of sp³-hybridized carbons (Fsp3) is 0.0833. The van der Waals surface area contributed by atoms with Crippen LogP contribution in [0.2, 0.25) is 0 Å². The predicted molar refractivity (Wildman–Crippen MR) is 67.2 cm³/mol. The minimum Gasteiger partial charge on any atom is -0.297 e. The van der Waals surface area contributed by atoms with Gasteiger partial charge in [-0.05, 0) is 12.1 Å². The Morgan fingerprint density at radius 2 is 2.18 bits per heavy atom. The van der Waals surface area contributed by atoms with E-state index >= 15 is 0 Å². The molecular formula is C12H9N3OS. The first-order valence-electron chi connectivity index (χ1n) is 5.10. The summed E-state index contributed by atoms with van der Waals surface area (Å²) in [5, 5.41) is 5.28. The van der Waals surface area contributed by atoms with Crippen molar-refractivity contribution in [1.29, 1.82) is 0 Å². The van der Waals surface area contributed by atoms with Gasteiger partial charge in [-0.15, -0.1) is 11.3 Å². The summed E-state index contributed by atoms with van der Waals surface area (Å²) in [6, 6.07) is 3.76. The lowest BCUT2D eigenvalue weighted by molar-refractivity contribution is 0.112. The van der Waals surface area contributed by atoms with Crippen molar-refractivity contribution in [3.8, 4) is 10.4 Å². The first-order valence-corrected chi connectivity index (χ1v) is 5.92. The van der Waals surface area contributed by atoms with Gasteiger partial charge in [0.2, 0.25) is 0 Å². The molecule has 0 saturated heterocycles. The third kappa shape index (κ3) is 1.55. The van der Waals surface area contributed by atoms with Crippen LogP contribution in [-0.2, 0) is 7.05 Å². The zero-order valence-electron chi connectivity index (χ0n) is 9.12. The number of hydrogen-bond acceptors (Lipinski definition) is 4. The summed E-state index contributed by atoms with van der Waals surface area (Å²) in [6.07, 6.45) is 6.29. The highest BCUT2D eigenvalue weighted by atomic mass is 32.1. The van der Waals surface area contributed by atoms with Crippen molar-refractivity contribution in [2.75, 3.05) is 0 Å². The van der Waals surface area contributed by atoms with E-state index in [0.29, 0.717) is 0 Å². The lowest BCUT2D eigenvalue weighted by Gasteiger charge is -1.99. The van der Waals surface area contributed by atoms with E-state index in [2.05, 4.69) is 10.1 Å². The maximum atomic E-state index is 10.7. The number of aldehydes is 1. The summed E-state index contributed by atoms with van der Waals surface area (Å²) in [7, 11) is 1.89. The van der Waals surface area contributed by atoms with E-state index in [1.807, 2.05) is 31.6 Å². The molecule has 0 amide bonds. The number of aromatic nitrogens is 3. The van der Waals surface area contributed by atoms with Gasteiger partial charge in [-0.25, -0.2) is 0 Å². The number of nitrogens with zero attached hydrogens (tertiary/aromatic N) is 3. The monoisotopic (exact) mass is 243 g/mol. The van der Waals surface area contributed by atoms with E-state index in [1.54, 1.807) is 10.9 Å². The molecule has 17 heavy (non-hydrogen) atoms. The molecule has 0 aliphatic carbocycles. The van der Waals surface area contributed by atoms with Crippen molar-refractivity contribution in [1.82, 2.24) is 14.8 Å². The lowest BCUT2D eigenvalue weighted by atomic mass is 10.1. The van der Waals surface area contributed by atoms with Crippen molar-refractivity contribution in [2.45, 2.75) is 0 Å². The molecule has 3 aromatic heterocycles. The molecule has 0 aliphatic heterocycles. The van der Waals surface area contributed by atoms with Gasteiger partial charge in [0.05, 0.1) is 22.8 Å². The van der Waals surface area contributed by atoms with Crippen LogP contribution in [0.5, 0.6) is 0 Å². The van der Waals surface area contributed by atoms with Gasteiger partial charge in [0, 0.05) is 29.1 Å². The van der Waals surface area contributed by atoms with Crippen LogP contribution < -0.4 is 0 Å². The van der Waals surface area contributed by atoms with Crippen LogP contribution in [0, 0.1) is 0 Å². The number of carbonyl (C=O) groups excluding carboxylic acids is 1. The first-order chi connectivity index (χ1) is 8.29. The minimum atomic E-state index is 0.723. The second-order valence-corrected chi connectivity index (χ2v) is 4.82. The van der Waals surface area contributed by atoms with Crippen molar-refractivity contribution >= 4 is 28.5 Å². The van der Waals surface area contributed by atoms with E-state index in [9.17, 15) is 4.79 Å². The van der Waals surface area contributed by atoms with Gasteiger partial charge < -0.3 is 0 Å². The Morgan fingerprint density at radius 3 is 2.94 bits per heavy atom. The normalized spacial score (nSPS) is 10.9. The topological polar surface area (TPSA) is 47.8 Å². The number of hydrogen-bond donors (Lipinski definition) is 0. The zero-order chi connectivity index (χ0) is 11.8. The molecule has 3 aromatic rings. The van der Waals surface area contributed by atoms with Gasteiger partial charge in [0.15, 0.2) is 6.29 Å². The third-order valence-electron chi connectivity index (χ3n) is 2.68. The summed E-state index contributed by atoms with van der Waals surface area (Å²) in [5.41, 5.74) is 2.01. The summed E-state index contributed by atoms with van der Waals surface area (Å²) >= 11 is 1.46. The maximum Gasteiger partial charge on any atom is 0.160 e. The Morgan fingerprint density at radius 1 is 1.29 bits per heavy atom. The SMILES string of the molecule is Cn1ncc2c(-c3ccc(C=O)s3)cncc21. The Hall–Kier alpha value is -2.01. The van der Waals surface area contributed by atoms with Crippen LogP contribution in [0.15, 0.2) is 30.7 Å². The van der Waals surface area contributed by atoms with Crippen LogP contribution >= 0.6 is 11.3 Å². The smallest absolute Gasteiger partial charge is 0.160 e. The quantitative estimate of drug-likeness (QED) is 0.650. The average Bonchev–Trinajstić information content (AvgIpc) is 2.96. The van der Waals surface area contributed by atoms with Gasteiger partial charge in [0.1, 0.15) is 0 Å². The second-order valence-electron chi connectivity index (χ2n) is 3.71. The van der Waals surface area contributed by atoms with E-state index in [4.69, 9.17) is 0 Å². The summed E-state index contributed by atoms with van der Waals surface area (Å²) in [4.78, 5) is 16.7. The Balaban J connectivity index is 2.26. The maximum absolute atomic E-state index is 10.7. The zero-order valence-corrected chi connectivity index (χ0v) is 9.94. The molecule has 5 heteroatoms.